The molecular formula is C13H18BrNO. The fourth-order valence-electron chi connectivity index (χ4n) is 2.01. The Hall–Kier alpha value is -0.380. The molecule has 1 aromatic carbocycles. The Kier molecular flexibility index (Phi) is 4.38. The lowest BCUT2D eigenvalue weighted by Gasteiger charge is -2.20. The largest absolute Gasteiger partial charge is 0.377 e. The highest BCUT2D eigenvalue weighted by Gasteiger charge is 2.21. The van der Waals surface area contributed by atoms with Crippen molar-refractivity contribution in [2.75, 3.05) is 6.61 Å². The number of rotatable bonds is 4. The second-order valence-corrected chi connectivity index (χ2v) is 5.26. The van der Waals surface area contributed by atoms with E-state index in [1.54, 1.807) is 0 Å². The second-order valence-electron chi connectivity index (χ2n) is 4.35. The Balaban J connectivity index is 1.80. The van der Waals surface area contributed by atoms with Crippen molar-refractivity contribution in [1.82, 2.24) is 5.32 Å². The van der Waals surface area contributed by atoms with Gasteiger partial charge in [-0.2, -0.15) is 0 Å². The van der Waals surface area contributed by atoms with Crippen molar-refractivity contribution in [3.05, 3.63) is 34.3 Å². The van der Waals surface area contributed by atoms with Gasteiger partial charge in [0.25, 0.3) is 0 Å². The number of halogens is 1. The minimum absolute atomic E-state index is 0.399. The predicted molar refractivity (Wildman–Crippen MR) is 69.4 cm³/mol. The first-order valence-electron chi connectivity index (χ1n) is 5.85. The normalized spacial score (nSPS) is 22.2. The number of hydrogen-bond donors (Lipinski definition) is 1. The zero-order valence-corrected chi connectivity index (χ0v) is 11.2. The van der Waals surface area contributed by atoms with Gasteiger partial charge in [-0.1, -0.05) is 28.1 Å². The Labute approximate surface area is 106 Å². The van der Waals surface area contributed by atoms with Gasteiger partial charge in [-0.25, -0.2) is 0 Å². The van der Waals surface area contributed by atoms with Crippen molar-refractivity contribution in [3.8, 4) is 0 Å². The van der Waals surface area contributed by atoms with Crippen LogP contribution in [0.4, 0.5) is 0 Å². The van der Waals surface area contributed by atoms with Gasteiger partial charge in [0.15, 0.2) is 0 Å². The van der Waals surface area contributed by atoms with Crippen LogP contribution in [0.3, 0.4) is 0 Å². The third-order valence-corrected chi connectivity index (χ3v) is 3.59. The zero-order chi connectivity index (χ0) is 11.4. The first-order valence-corrected chi connectivity index (χ1v) is 6.64. The average Bonchev–Trinajstić information content (AvgIpc) is 2.81. The van der Waals surface area contributed by atoms with E-state index in [1.165, 1.54) is 18.4 Å². The van der Waals surface area contributed by atoms with Gasteiger partial charge < -0.3 is 10.1 Å². The van der Waals surface area contributed by atoms with Crippen LogP contribution >= 0.6 is 15.9 Å². The van der Waals surface area contributed by atoms with E-state index in [0.29, 0.717) is 12.1 Å². The molecular weight excluding hydrogens is 266 g/mol. The van der Waals surface area contributed by atoms with Crippen molar-refractivity contribution in [1.29, 1.82) is 0 Å². The van der Waals surface area contributed by atoms with Gasteiger partial charge in [0.05, 0.1) is 6.10 Å². The van der Waals surface area contributed by atoms with E-state index in [0.717, 1.165) is 17.6 Å². The minimum Gasteiger partial charge on any atom is -0.377 e. The monoisotopic (exact) mass is 283 g/mol. The van der Waals surface area contributed by atoms with Crippen LogP contribution in [0.5, 0.6) is 0 Å². The molecule has 2 atom stereocenters. The Morgan fingerprint density at radius 2 is 2.19 bits per heavy atom. The quantitative estimate of drug-likeness (QED) is 0.917. The van der Waals surface area contributed by atoms with Gasteiger partial charge in [0.1, 0.15) is 0 Å². The van der Waals surface area contributed by atoms with E-state index in [2.05, 4.69) is 52.4 Å². The summed E-state index contributed by atoms with van der Waals surface area (Å²) < 4.78 is 6.78. The first-order chi connectivity index (χ1) is 7.75. The van der Waals surface area contributed by atoms with Crippen LogP contribution in [-0.4, -0.2) is 18.8 Å². The first kappa shape index (κ1) is 12.1. The molecule has 0 spiro atoms. The topological polar surface area (TPSA) is 21.3 Å². The fraction of sp³-hybridized carbons (Fsp3) is 0.538. The number of ether oxygens (including phenoxy) is 1. The molecule has 0 bridgehead atoms. The van der Waals surface area contributed by atoms with Gasteiger partial charge >= 0.3 is 0 Å². The standard InChI is InChI=1S/C13H18BrNO/c1-10(13-3-2-8-16-13)15-9-11-4-6-12(14)7-5-11/h4-7,10,13,15H,2-3,8-9H2,1H3. The van der Waals surface area contributed by atoms with E-state index in [-0.39, 0.29) is 0 Å². The zero-order valence-electron chi connectivity index (χ0n) is 9.58. The number of benzene rings is 1. The molecule has 3 heteroatoms. The van der Waals surface area contributed by atoms with Gasteiger partial charge in [-0.05, 0) is 37.5 Å². The molecule has 16 heavy (non-hydrogen) atoms. The molecule has 2 rings (SSSR count). The van der Waals surface area contributed by atoms with Crippen molar-refractivity contribution < 1.29 is 4.74 Å². The predicted octanol–water partition coefficient (Wildman–Crippen LogP) is 3.11. The summed E-state index contributed by atoms with van der Waals surface area (Å²) in [5, 5.41) is 3.52. The lowest BCUT2D eigenvalue weighted by molar-refractivity contribution is 0.0832. The third kappa shape index (κ3) is 3.30. The van der Waals surface area contributed by atoms with Gasteiger partial charge in [0.2, 0.25) is 0 Å². The van der Waals surface area contributed by atoms with E-state index in [9.17, 15) is 0 Å². The van der Waals surface area contributed by atoms with Crippen molar-refractivity contribution in [2.45, 2.75) is 38.5 Å². The highest BCUT2D eigenvalue weighted by atomic mass is 79.9. The average molecular weight is 284 g/mol. The molecule has 0 aromatic heterocycles. The molecule has 2 unspecified atom stereocenters. The maximum Gasteiger partial charge on any atom is 0.0726 e. The summed E-state index contributed by atoms with van der Waals surface area (Å²) in [6.07, 6.45) is 2.79. The second kappa shape index (κ2) is 5.80. The van der Waals surface area contributed by atoms with Crippen molar-refractivity contribution in [2.24, 2.45) is 0 Å². The molecule has 1 saturated heterocycles. The third-order valence-electron chi connectivity index (χ3n) is 3.06. The summed E-state index contributed by atoms with van der Waals surface area (Å²) in [6, 6.07) is 8.87. The van der Waals surface area contributed by atoms with Crippen LogP contribution in [-0.2, 0) is 11.3 Å². The maximum absolute atomic E-state index is 5.65. The number of nitrogens with one attached hydrogen (secondary N) is 1. The highest BCUT2D eigenvalue weighted by Crippen LogP contribution is 2.16. The summed E-state index contributed by atoms with van der Waals surface area (Å²) in [6.45, 7) is 4.04. The molecule has 1 aliphatic heterocycles. The molecule has 1 aliphatic rings. The smallest absolute Gasteiger partial charge is 0.0726 e. The van der Waals surface area contributed by atoms with Crippen LogP contribution < -0.4 is 5.32 Å². The van der Waals surface area contributed by atoms with Crippen LogP contribution in [0.1, 0.15) is 25.3 Å². The molecule has 1 fully saturated rings. The van der Waals surface area contributed by atoms with Crippen LogP contribution in [0.15, 0.2) is 28.7 Å². The van der Waals surface area contributed by atoms with E-state index in [4.69, 9.17) is 4.74 Å². The lowest BCUT2D eigenvalue weighted by Crippen LogP contribution is -2.36. The molecule has 0 saturated carbocycles. The van der Waals surface area contributed by atoms with Crippen molar-refractivity contribution >= 4 is 15.9 Å². The molecule has 0 radical (unpaired) electrons. The fourth-order valence-corrected chi connectivity index (χ4v) is 2.27. The summed E-state index contributed by atoms with van der Waals surface area (Å²) in [5.74, 6) is 0. The molecule has 1 aromatic rings. The van der Waals surface area contributed by atoms with E-state index < -0.39 is 0 Å². The van der Waals surface area contributed by atoms with E-state index in [1.807, 2.05) is 0 Å². The summed E-state index contributed by atoms with van der Waals surface area (Å²) >= 11 is 3.44. The van der Waals surface area contributed by atoms with Crippen LogP contribution in [0, 0.1) is 0 Å². The van der Waals surface area contributed by atoms with E-state index >= 15 is 0 Å². The van der Waals surface area contributed by atoms with Crippen molar-refractivity contribution in [3.63, 3.8) is 0 Å². The SMILES string of the molecule is CC(NCc1ccc(Br)cc1)C1CCCO1. The molecule has 0 amide bonds. The maximum atomic E-state index is 5.65. The molecule has 1 heterocycles. The molecule has 0 aliphatic carbocycles. The lowest BCUT2D eigenvalue weighted by atomic mass is 10.1. The highest BCUT2D eigenvalue weighted by molar-refractivity contribution is 9.10. The molecule has 1 N–H and O–H groups in total. The summed E-state index contributed by atoms with van der Waals surface area (Å²) in [4.78, 5) is 0. The molecule has 88 valence electrons. The Bertz CT molecular complexity index is 319. The summed E-state index contributed by atoms with van der Waals surface area (Å²) in [7, 11) is 0. The minimum atomic E-state index is 0.399. The summed E-state index contributed by atoms with van der Waals surface area (Å²) in [5.41, 5.74) is 1.31. The Morgan fingerprint density at radius 1 is 1.44 bits per heavy atom. The van der Waals surface area contributed by atoms with Crippen LogP contribution in [0.2, 0.25) is 0 Å². The van der Waals surface area contributed by atoms with Crippen LogP contribution in [0.25, 0.3) is 0 Å². The Morgan fingerprint density at radius 3 is 2.81 bits per heavy atom. The molecule has 2 nitrogen and oxygen atoms in total. The number of hydrogen-bond acceptors (Lipinski definition) is 2. The van der Waals surface area contributed by atoms with Gasteiger partial charge in [-0.15, -0.1) is 0 Å². The van der Waals surface area contributed by atoms with Gasteiger partial charge in [-0.3, -0.25) is 0 Å². The van der Waals surface area contributed by atoms with Gasteiger partial charge in [0, 0.05) is 23.7 Å².